The summed E-state index contributed by atoms with van der Waals surface area (Å²) in [4.78, 5) is 21.2. The molecule has 1 aromatic carbocycles. The summed E-state index contributed by atoms with van der Waals surface area (Å²) in [6.07, 6.45) is 3.21. The fourth-order valence-corrected chi connectivity index (χ4v) is 3.36. The summed E-state index contributed by atoms with van der Waals surface area (Å²) >= 11 is 1.30. The lowest BCUT2D eigenvalue weighted by atomic mass is 10.2. The minimum atomic E-state index is -0.176. The number of thioether (sulfide) groups is 1. The number of anilines is 1. The molecule has 3 rings (SSSR count). The number of hydrogen-bond acceptors (Lipinski definition) is 7. The van der Waals surface area contributed by atoms with Gasteiger partial charge in [0.05, 0.1) is 25.7 Å². The number of aromatic nitrogens is 4. The van der Waals surface area contributed by atoms with Crippen LogP contribution in [0.3, 0.4) is 0 Å². The maximum atomic E-state index is 12.4. The largest absolute Gasteiger partial charge is 0.497 e. The van der Waals surface area contributed by atoms with Crippen LogP contribution in [0.4, 0.5) is 5.69 Å². The van der Waals surface area contributed by atoms with Gasteiger partial charge in [-0.1, -0.05) is 11.8 Å². The molecular formula is C19H21N5O3S. The van der Waals surface area contributed by atoms with Crippen LogP contribution in [0.15, 0.2) is 41.7 Å². The van der Waals surface area contributed by atoms with E-state index in [0.717, 1.165) is 11.4 Å². The Kier molecular flexibility index (Phi) is 6.15. The second-order valence-corrected chi connectivity index (χ2v) is 6.93. The topological polar surface area (TPSA) is 91.2 Å². The van der Waals surface area contributed by atoms with Crippen molar-refractivity contribution >= 4 is 23.4 Å². The third-order valence-electron chi connectivity index (χ3n) is 3.83. The number of ether oxygens (including phenoxy) is 2. The van der Waals surface area contributed by atoms with Gasteiger partial charge in [-0.05, 0) is 19.9 Å². The van der Waals surface area contributed by atoms with E-state index in [1.54, 1.807) is 49.5 Å². The zero-order chi connectivity index (χ0) is 20.1. The Morgan fingerprint density at radius 2 is 1.75 bits per heavy atom. The van der Waals surface area contributed by atoms with Crippen LogP contribution in [-0.4, -0.2) is 45.6 Å². The van der Waals surface area contributed by atoms with Crippen molar-refractivity contribution in [3.05, 3.63) is 48.0 Å². The molecule has 146 valence electrons. The monoisotopic (exact) mass is 399 g/mol. The Labute approximate surface area is 167 Å². The highest BCUT2D eigenvalue weighted by molar-refractivity contribution is 8.00. The van der Waals surface area contributed by atoms with E-state index in [1.165, 1.54) is 11.8 Å². The van der Waals surface area contributed by atoms with Gasteiger partial charge in [0, 0.05) is 42.0 Å². The Morgan fingerprint density at radius 3 is 2.36 bits per heavy atom. The highest BCUT2D eigenvalue weighted by atomic mass is 32.2. The molecule has 9 heteroatoms. The number of nitrogens with one attached hydrogen (secondary N) is 1. The molecule has 1 amide bonds. The average Bonchev–Trinajstić information content (AvgIpc) is 3.04. The van der Waals surface area contributed by atoms with Gasteiger partial charge in [-0.3, -0.25) is 4.79 Å². The molecule has 2 heterocycles. The zero-order valence-corrected chi connectivity index (χ0v) is 16.9. The fourth-order valence-electron chi connectivity index (χ4n) is 2.62. The number of carbonyl (C=O) groups excluding carboxylic acids is 1. The molecule has 8 nitrogen and oxygen atoms in total. The maximum Gasteiger partial charge on any atom is 0.234 e. The molecule has 0 atom stereocenters. The lowest BCUT2D eigenvalue weighted by molar-refractivity contribution is -0.113. The lowest BCUT2D eigenvalue weighted by Gasteiger charge is -2.11. The molecule has 1 N–H and O–H groups in total. The first-order chi connectivity index (χ1) is 13.5. The standard InChI is InChI=1S/C19H21N5O3S/c1-12-7-13(2)24(23-12)18-19(21-6-5-20-18)28-11-17(25)22-14-8-15(26-3)10-16(9-14)27-4/h5-10H,11H2,1-4H3,(H,22,25). The number of methoxy groups -OCH3 is 2. The molecule has 3 aromatic rings. The summed E-state index contributed by atoms with van der Waals surface area (Å²) in [5.74, 6) is 1.80. The minimum absolute atomic E-state index is 0.171. The van der Waals surface area contributed by atoms with Crippen molar-refractivity contribution in [3.8, 4) is 17.3 Å². The normalized spacial score (nSPS) is 10.6. The van der Waals surface area contributed by atoms with Crippen LogP contribution in [0.5, 0.6) is 11.5 Å². The van der Waals surface area contributed by atoms with Gasteiger partial charge in [-0.2, -0.15) is 5.10 Å². The van der Waals surface area contributed by atoms with Gasteiger partial charge < -0.3 is 14.8 Å². The van der Waals surface area contributed by atoms with E-state index in [9.17, 15) is 4.79 Å². The molecule has 0 fully saturated rings. The summed E-state index contributed by atoms with van der Waals surface area (Å²) in [6.45, 7) is 3.87. The van der Waals surface area contributed by atoms with Gasteiger partial charge in [0.2, 0.25) is 5.91 Å². The van der Waals surface area contributed by atoms with Crippen LogP contribution in [0.1, 0.15) is 11.4 Å². The first-order valence-electron chi connectivity index (χ1n) is 8.50. The predicted octanol–water partition coefficient (Wildman–Crippen LogP) is 3.03. The first kappa shape index (κ1) is 19.7. The highest BCUT2D eigenvalue weighted by Gasteiger charge is 2.14. The SMILES string of the molecule is COc1cc(NC(=O)CSc2nccnc2-n2nc(C)cc2C)cc(OC)c1. The zero-order valence-electron chi connectivity index (χ0n) is 16.1. The highest BCUT2D eigenvalue weighted by Crippen LogP contribution is 2.27. The van der Waals surface area contributed by atoms with Gasteiger partial charge in [0.1, 0.15) is 16.5 Å². The molecular weight excluding hydrogens is 378 g/mol. The molecule has 0 radical (unpaired) electrons. The molecule has 0 bridgehead atoms. The number of amides is 1. The molecule has 0 unspecified atom stereocenters. The van der Waals surface area contributed by atoms with E-state index in [0.29, 0.717) is 28.0 Å². The van der Waals surface area contributed by atoms with Crippen molar-refractivity contribution in [2.75, 3.05) is 25.3 Å². The Hall–Kier alpha value is -3.07. The summed E-state index contributed by atoms with van der Waals surface area (Å²) in [7, 11) is 3.12. The number of aryl methyl sites for hydroxylation is 2. The second-order valence-electron chi connectivity index (χ2n) is 5.96. The minimum Gasteiger partial charge on any atom is -0.497 e. The molecule has 2 aromatic heterocycles. The molecule has 28 heavy (non-hydrogen) atoms. The molecule has 0 saturated heterocycles. The average molecular weight is 399 g/mol. The summed E-state index contributed by atoms with van der Waals surface area (Å²) in [5, 5.41) is 7.92. The van der Waals surface area contributed by atoms with Crippen molar-refractivity contribution in [3.63, 3.8) is 0 Å². The fraction of sp³-hybridized carbons (Fsp3) is 0.263. The Balaban J connectivity index is 1.71. The summed E-state index contributed by atoms with van der Waals surface area (Å²) in [5.41, 5.74) is 2.44. The van der Waals surface area contributed by atoms with Crippen LogP contribution in [-0.2, 0) is 4.79 Å². The number of rotatable bonds is 7. The summed E-state index contributed by atoms with van der Waals surface area (Å²) < 4.78 is 12.2. The number of hydrogen-bond donors (Lipinski definition) is 1. The van der Waals surface area contributed by atoms with Gasteiger partial charge in [0.25, 0.3) is 0 Å². The van der Waals surface area contributed by atoms with E-state index in [-0.39, 0.29) is 11.7 Å². The third-order valence-corrected chi connectivity index (χ3v) is 4.80. The molecule has 0 saturated carbocycles. The van der Waals surface area contributed by atoms with Crippen molar-refractivity contribution in [1.29, 1.82) is 0 Å². The molecule has 0 spiro atoms. The van der Waals surface area contributed by atoms with Crippen molar-refractivity contribution in [2.24, 2.45) is 0 Å². The third kappa shape index (κ3) is 4.61. The molecule has 0 aliphatic rings. The Bertz CT molecular complexity index is 967. The van der Waals surface area contributed by atoms with E-state index in [2.05, 4.69) is 20.4 Å². The van der Waals surface area contributed by atoms with Gasteiger partial charge in [0.15, 0.2) is 5.82 Å². The summed E-state index contributed by atoms with van der Waals surface area (Å²) in [6, 6.07) is 7.17. The van der Waals surface area contributed by atoms with Gasteiger partial charge in [-0.15, -0.1) is 0 Å². The Morgan fingerprint density at radius 1 is 1.07 bits per heavy atom. The van der Waals surface area contributed by atoms with Crippen molar-refractivity contribution in [1.82, 2.24) is 19.7 Å². The van der Waals surface area contributed by atoms with Crippen molar-refractivity contribution < 1.29 is 14.3 Å². The van der Waals surface area contributed by atoms with E-state index >= 15 is 0 Å². The predicted molar refractivity (Wildman–Crippen MR) is 108 cm³/mol. The maximum absolute atomic E-state index is 12.4. The quantitative estimate of drug-likeness (QED) is 0.611. The van der Waals surface area contributed by atoms with Crippen LogP contribution in [0.25, 0.3) is 5.82 Å². The number of benzene rings is 1. The van der Waals surface area contributed by atoms with Gasteiger partial charge >= 0.3 is 0 Å². The van der Waals surface area contributed by atoms with E-state index in [1.807, 2.05) is 19.9 Å². The van der Waals surface area contributed by atoms with Crippen LogP contribution in [0, 0.1) is 13.8 Å². The number of carbonyl (C=O) groups is 1. The van der Waals surface area contributed by atoms with E-state index < -0.39 is 0 Å². The molecule has 0 aliphatic heterocycles. The van der Waals surface area contributed by atoms with Crippen molar-refractivity contribution in [2.45, 2.75) is 18.9 Å². The second kappa shape index (κ2) is 8.75. The van der Waals surface area contributed by atoms with Crippen LogP contribution >= 0.6 is 11.8 Å². The van der Waals surface area contributed by atoms with Crippen LogP contribution < -0.4 is 14.8 Å². The molecule has 0 aliphatic carbocycles. The van der Waals surface area contributed by atoms with Gasteiger partial charge in [-0.25, -0.2) is 14.6 Å². The van der Waals surface area contributed by atoms with E-state index in [4.69, 9.17) is 9.47 Å². The smallest absolute Gasteiger partial charge is 0.234 e. The van der Waals surface area contributed by atoms with Crippen LogP contribution in [0.2, 0.25) is 0 Å². The number of nitrogens with zero attached hydrogens (tertiary/aromatic N) is 4. The first-order valence-corrected chi connectivity index (χ1v) is 9.49. The lowest BCUT2D eigenvalue weighted by Crippen LogP contribution is -2.15.